The molecule has 15 heavy (non-hydrogen) atoms. The minimum atomic E-state index is -1.47. The van der Waals surface area contributed by atoms with Crippen LogP contribution in [0, 0.1) is 0 Å². The maximum absolute atomic E-state index is 11.2. The Morgan fingerprint density at radius 3 is 2.27 bits per heavy atom. The van der Waals surface area contributed by atoms with E-state index in [1.807, 2.05) is 6.07 Å². The van der Waals surface area contributed by atoms with Crippen LogP contribution in [0.15, 0.2) is 30.3 Å². The van der Waals surface area contributed by atoms with Crippen LogP contribution >= 0.6 is 0 Å². The minimum absolute atomic E-state index is 0.305. The number of carbonyl (C=O) groups is 1. The summed E-state index contributed by atoms with van der Waals surface area (Å²) in [4.78, 5) is 11.2. The summed E-state index contributed by atoms with van der Waals surface area (Å²) in [6.45, 7) is 8.58. The van der Waals surface area contributed by atoms with Gasteiger partial charge in [0.05, 0.1) is 8.07 Å². The lowest BCUT2D eigenvalue weighted by Gasteiger charge is -2.29. The van der Waals surface area contributed by atoms with Crippen molar-refractivity contribution in [3.8, 4) is 0 Å². The molecule has 2 heteroatoms. The molecule has 0 bridgehead atoms. The van der Waals surface area contributed by atoms with Gasteiger partial charge in [-0.05, 0) is 12.5 Å². The predicted molar refractivity (Wildman–Crippen MR) is 68.3 cm³/mol. The first kappa shape index (κ1) is 12.2. The molecule has 1 aromatic rings. The zero-order valence-corrected chi connectivity index (χ0v) is 11.1. The second-order valence-corrected chi connectivity index (χ2v) is 9.90. The van der Waals surface area contributed by atoms with Crippen LogP contribution in [0.1, 0.15) is 20.3 Å². The van der Waals surface area contributed by atoms with E-state index in [-0.39, 0.29) is 0 Å². The van der Waals surface area contributed by atoms with E-state index in [0.717, 1.165) is 0 Å². The van der Waals surface area contributed by atoms with Crippen LogP contribution in [0.4, 0.5) is 0 Å². The van der Waals surface area contributed by atoms with Crippen molar-refractivity contribution in [1.29, 1.82) is 0 Å². The van der Waals surface area contributed by atoms with Crippen LogP contribution < -0.4 is 5.19 Å². The highest BCUT2D eigenvalue weighted by atomic mass is 28.3. The van der Waals surface area contributed by atoms with Gasteiger partial charge in [0.15, 0.2) is 0 Å². The molecule has 0 amide bonds. The van der Waals surface area contributed by atoms with Gasteiger partial charge in [0.1, 0.15) is 5.78 Å². The predicted octanol–water partition coefficient (Wildman–Crippen LogP) is 2.97. The molecule has 1 nitrogen and oxygen atoms in total. The summed E-state index contributed by atoms with van der Waals surface area (Å²) >= 11 is 0. The molecule has 0 unspecified atom stereocenters. The van der Waals surface area contributed by atoms with Gasteiger partial charge < -0.3 is 4.79 Å². The molecule has 0 radical (unpaired) electrons. The zero-order valence-electron chi connectivity index (χ0n) is 10.1. The van der Waals surface area contributed by atoms with Gasteiger partial charge in [-0.2, -0.15) is 0 Å². The van der Waals surface area contributed by atoms with Crippen LogP contribution in [-0.2, 0) is 4.79 Å². The van der Waals surface area contributed by atoms with Crippen LogP contribution in [0.25, 0.3) is 0 Å². The van der Waals surface area contributed by atoms with E-state index < -0.39 is 8.07 Å². The summed E-state index contributed by atoms with van der Waals surface area (Å²) in [6, 6.07) is 10.6. The number of hydrogen-bond acceptors (Lipinski definition) is 1. The summed E-state index contributed by atoms with van der Waals surface area (Å²) in [7, 11) is -1.47. The Hall–Kier alpha value is -0.893. The van der Waals surface area contributed by atoms with Gasteiger partial charge in [-0.15, -0.1) is 0 Å². The number of rotatable bonds is 4. The highest BCUT2D eigenvalue weighted by Crippen LogP contribution is 2.24. The third-order valence-corrected chi connectivity index (χ3v) is 7.83. The van der Waals surface area contributed by atoms with Gasteiger partial charge in [-0.1, -0.05) is 55.5 Å². The molecule has 0 aliphatic rings. The molecular weight excluding hydrogens is 200 g/mol. The molecule has 1 rings (SSSR count). The average molecular weight is 220 g/mol. The Kier molecular flexibility index (Phi) is 3.86. The molecule has 1 atom stereocenters. The van der Waals surface area contributed by atoms with Crippen molar-refractivity contribution in [2.45, 2.75) is 38.9 Å². The number of hydrogen-bond donors (Lipinski definition) is 0. The topological polar surface area (TPSA) is 17.1 Å². The maximum Gasteiger partial charge on any atom is 0.129 e. The van der Waals surface area contributed by atoms with Crippen molar-refractivity contribution in [3.63, 3.8) is 0 Å². The second kappa shape index (κ2) is 4.75. The van der Waals surface area contributed by atoms with Crippen molar-refractivity contribution >= 4 is 19.0 Å². The van der Waals surface area contributed by atoms with Crippen LogP contribution in [0.5, 0.6) is 0 Å². The quantitative estimate of drug-likeness (QED) is 0.713. The van der Waals surface area contributed by atoms with Crippen LogP contribution in [-0.4, -0.2) is 13.9 Å². The largest absolute Gasteiger partial charge is 0.300 e. The lowest BCUT2D eigenvalue weighted by Crippen LogP contribution is -2.45. The average Bonchev–Trinajstić information content (AvgIpc) is 2.18. The fourth-order valence-electron chi connectivity index (χ4n) is 1.84. The molecule has 0 heterocycles. The van der Waals surface area contributed by atoms with Gasteiger partial charge in [0.2, 0.25) is 0 Å². The SMILES string of the molecule is CC(=O)C[C@H](C)[Si](C)(C)c1ccccc1. The normalized spacial score (nSPS) is 13.6. The van der Waals surface area contributed by atoms with Crippen LogP contribution in [0.3, 0.4) is 0 Å². The van der Waals surface area contributed by atoms with Gasteiger partial charge >= 0.3 is 0 Å². The highest BCUT2D eigenvalue weighted by molar-refractivity contribution is 6.91. The van der Waals surface area contributed by atoms with Crippen molar-refractivity contribution in [1.82, 2.24) is 0 Å². The van der Waals surface area contributed by atoms with Crippen molar-refractivity contribution in [2.75, 3.05) is 0 Å². The summed E-state index contributed by atoms with van der Waals surface area (Å²) in [6.07, 6.45) is 0.716. The molecule has 82 valence electrons. The Labute approximate surface area is 93.5 Å². The number of ketones is 1. The van der Waals surface area contributed by atoms with Gasteiger partial charge in [-0.3, -0.25) is 0 Å². The Bertz CT molecular complexity index is 330. The first-order valence-electron chi connectivity index (χ1n) is 5.49. The van der Waals surface area contributed by atoms with E-state index in [1.165, 1.54) is 5.19 Å². The van der Waals surface area contributed by atoms with Gasteiger partial charge in [0.25, 0.3) is 0 Å². The number of benzene rings is 1. The molecule has 0 saturated carbocycles. The first-order valence-corrected chi connectivity index (χ1v) is 8.57. The number of Topliss-reactive ketones (excluding diaryl/α,β-unsaturated/α-hetero) is 1. The van der Waals surface area contributed by atoms with E-state index in [1.54, 1.807) is 6.92 Å². The Morgan fingerprint density at radius 1 is 1.27 bits per heavy atom. The first-order chi connectivity index (χ1) is 6.94. The molecule has 0 N–H and O–H groups in total. The van der Waals surface area contributed by atoms with Crippen LogP contribution in [0.2, 0.25) is 18.6 Å². The fraction of sp³-hybridized carbons (Fsp3) is 0.462. The third kappa shape index (κ3) is 3.03. The summed E-state index contributed by atoms with van der Waals surface area (Å²) < 4.78 is 0. The molecule has 0 aliphatic heterocycles. The summed E-state index contributed by atoms with van der Waals surface area (Å²) in [5, 5.41) is 1.44. The smallest absolute Gasteiger partial charge is 0.129 e. The van der Waals surface area contributed by atoms with Gasteiger partial charge in [0, 0.05) is 6.42 Å². The Morgan fingerprint density at radius 2 is 1.80 bits per heavy atom. The van der Waals surface area contributed by atoms with E-state index in [2.05, 4.69) is 44.3 Å². The molecule has 1 aromatic carbocycles. The van der Waals surface area contributed by atoms with Gasteiger partial charge in [-0.25, -0.2) is 0 Å². The molecule has 0 saturated heterocycles. The van der Waals surface area contributed by atoms with Crippen molar-refractivity contribution in [2.24, 2.45) is 0 Å². The lowest BCUT2D eigenvalue weighted by atomic mass is 10.2. The molecule has 0 aromatic heterocycles. The van der Waals surface area contributed by atoms with E-state index in [4.69, 9.17) is 0 Å². The van der Waals surface area contributed by atoms with E-state index >= 15 is 0 Å². The summed E-state index contributed by atoms with van der Waals surface area (Å²) in [5.41, 5.74) is 0.511. The highest BCUT2D eigenvalue weighted by Gasteiger charge is 2.30. The fourth-order valence-corrected chi connectivity index (χ4v) is 4.26. The second-order valence-electron chi connectivity index (χ2n) is 4.89. The van der Waals surface area contributed by atoms with Crippen molar-refractivity contribution < 1.29 is 4.79 Å². The number of carbonyl (C=O) groups excluding carboxylic acids is 1. The lowest BCUT2D eigenvalue weighted by molar-refractivity contribution is -0.117. The third-order valence-electron chi connectivity index (χ3n) is 3.34. The Balaban J connectivity index is 2.87. The molecule has 0 fully saturated rings. The summed E-state index contributed by atoms with van der Waals surface area (Å²) in [5.74, 6) is 0.305. The standard InChI is InChI=1S/C13H20OSi/c1-11(14)10-12(2)15(3,4)13-8-6-5-7-9-13/h5-9,12H,10H2,1-4H3/t12-/m0/s1. The monoisotopic (exact) mass is 220 g/mol. The zero-order chi connectivity index (χ0) is 11.5. The van der Waals surface area contributed by atoms with E-state index in [0.29, 0.717) is 17.7 Å². The minimum Gasteiger partial charge on any atom is -0.300 e. The molecule has 0 spiro atoms. The van der Waals surface area contributed by atoms with E-state index in [9.17, 15) is 4.79 Å². The van der Waals surface area contributed by atoms with Crippen molar-refractivity contribution in [3.05, 3.63) is 30.3 Å². The molecule has 0 aliphatic carbocycles. The maximum atomic E-state index is 11.2. The molecular formula is C13H20OSi.